The SMILES string of the molecule is [O-]C(c1ccc(N=[N+]([O-])Nc2cccc(F)c2)cc1)=c1ccc2c(c1)NC=CN=2. The maximum absolute atomic E-state index is 13.2. The van der Waals surface area contributed by atoms with E-state index < -0.39 is 5.82 Å². The highest BCUT2D eigenvalue weighted by atomic mass is 19.1. The molecule has 0 saturated heterocycles. The molecule has 3 aromatic rings. The molecule has 3 aromatic carbocycles. The van der Waals surface area contributed by atoms with Gasteiger partial charge in [-0.3, -0.25) is 4.99 Å². The average molecular weight is 388 g/mol. The Hall–Kier alpha value is -4.20. The van der Waals surface area contributed by atoms with E-state index in [4.69, 9.17) is 0 Å². The monoisotopic (exact) mass is 388 g/mol. The molecule has 0 unspecified atom stereocenters. The molecule has 0 radical (unpaired) electrons. The van der Waals surface area contributed by atoms with Crippen LogP contribution < -0.4 is 26.4 Å². The number of anilines is 2. The number of hydrazine groups is 1. The summed E-state index contributed by atoms with van der Waals surface area (Å²) in [6.07, 6.45) is 3.34. The molecule has 144 valence electrons. The zero-order valence-electron chi connectivity index (χ0n) is 15.0. The van der Waals surface area contributed by atoms with Gasteiger partial charge in [0.05, 0.1) is 11.0 Å². The normalized spacial score (nSPS) is 13.8. The highest BCUT2D eigenvalue weighted by Gasteiger charge is 2.03. The molecule has 1 aliphatic heterocycles. The zero-order valence-corrected chi connectivity index (χ0v) is 15.0. The van der Waals surface area contributed by atoms with Crippen molar-refractivity contribution in [3.05, 3.63) is 106 Å². The van der Waals surface area contributed by atoms with Gasteiger partial charge in [-0.15, -0.1) is 5.43 Å². The molecule has 0 bridgehead atoms. The Labute approximate surface area is 165 Å². The van der Waals surface area contributed by atoms with Gasteiger partial charge in [0, 0.05) is 28.6 Å². The first-order chi connectivity index (χ1) is 14.1. The molecule has 0 amide bonds. The average Bonchev–Trinajstić information content (AvgIpc) is 2.73. The van der Waals surface area contributed by atoms with E-state index in [-0.39, 0.29) is 16.4 Å². The Morgan fingerprint density at radius 3 is 2.69 bits per heavy atom. The van der Waals surface area contributed by atoms with Crippen LogP contribution >= 0.6 is 0 Å². The first-order valence-electron chi connectivity index (χ1n) is 8.71. The summed E-state index contributed by atoms with van der Waals surface area (Å²) in [4.78, 5) is 4.45. The fourth-order valence-corrected chi connectivity index (χ4v) is 2.79. The van der Waals surface area contributed by atoms with E-state index in [9.17, 15) is 14.7 Å². The number of hydrogen-bond donors (Lipinski definition) is 2. The molecule has 8 heteroatoms. The highest BCUT2D eigenvalue weighted by molar-refractivity contribution is 5.61. The van der Waals surface area contributed by atoms with Crippen molar-refractivity contribution in [3.8, 4) is 0 Å². The van der Waals surface area contributed by atoms with Crippen molar-refractivity contribution in [1.29, 1.82) is 0 Å². The summed E-state index contributed by atoms with van der Waals surface area (Å²) in [7, 11) is 0. The molecule has 0 aliphatic carbocycles. The number of hydrogen-bond acceptors (Lipinski definition) is 5. The Bertz CT molecular complexity index is 1240. The molecule has 0 atom stereocenters. The summed E-state index contributed by atoms with van der Waals surface area (Å²) in [5.41, 5.74) is 4.25. The highest BCUT2D eigenvalue weighted by Crippen LogP contribution is 2.16. The first-order valence-corrected chi connectivity index (χ1v) is 8.71. The van der Waals surface area contributed by atoms with Gasteiger partial charge in [0.2, 0.25) is 0 Å². The molecule has 2 N–H and O–H groups in total. The van der Waals surface area contributed by atoms with Crippen LogP contribution in [0.1, 0.15) is 5.56 Å². The van der Waals surface area contributed by atoms with E-state index >= 15 is 0 Å². The number of nitrogens with zero attached hydrogens (tertiary/aromatic N) is 3. The molecule has 0 spiro atoms. The van der Waals surface area contributed by atoms with E-state index in [1.165, 1.54) is 18.2 Å². The number of halogens is 1. The lowest BCUT2D eigenvalue weighted by Crippen LogP contribution is -2.21. The molecule has 7 nitrogen and oxygen atoms in total. The molecule has 4 rings (SSSR count). The molecular formula is C21H15FN5O2-. The van der Waals surface area contributed by atoms with Crippen LogP contribution in [0.3, 0.4) is 0 Å². The summed E-state index contributed by atoms with van der Waals surface area (Å²) in [6.45, 7) is 0. The van der Waals surface area contributed by atoms with Gasteiger partial charge in [-0.1, -0.05) is 30.0 Å². The maximum Gasteiger partial charge on any atom is 0.135 e. The van der Waals surface area contributed by atoms with Crippen molar-refractivity contribution in [2.24, 2.45) is 10.1 Å². The molecule has 1 heterocycles. The van der Waals surface area contributed by atoms with Crippen LogP contribution in [0.5, 0.6) is 0 Å². The number of nitrogens with one attached hydrogen (secondary N) is 2. The molecule has 0 fully saturated rings. The van der Waals surface area contributed by atoms with Crippen molar-refractivity contribution in [1.82, 2.24) is 0 Å². The lowest BCUT2D eigenvalue weighted by molar-refractivity contribution is -0.492. The van der Waals surface area contributed by atoms with Crippen molar-refractivity contribution >= 4 is 22.8 Å². The summed E-state index contributed by atoms with van der Waals surface area (Å²) >= 11 is 0. The predicted octanol–water partition coefficient (Wildman–Crippen LogP) is 2.48. The molecule has 0 aromatic heterocycles. The number of fused-ring (bicyclic) bond motifs is 1. The number of benzene rings is 3. The van der Waals surface area contributed by atoms with Crippen molar-refractivity contribution < 1.29 is 14.5 Å². The Kier molecular flexibility index (Phi) is 4.90. The Morgan fingerprint density at radius 2 is 1.90 bits per heavy atom. The maximum atomic E-state index is 13.2. The lowest BCUT2D eigenvalue weighted by atomic mass is 10.1. The van der Waals surface area contributed by atoms with Gasteiger partial charge in [0.15, 0.2) is 0 Å². The van der Waals surface area contributed by atoms with Gasteiger partial charge in [-0.2, -0.15) is 0 Å². The van der Waals surface area contributed by atoms with Crippen molar-refractivity contribution in [3.63, 3.8) is 0 Å². The molecular weight excluding hydrogens is 373 g/mol. The topological polar surface area (TPSA) is 97.9 Å². The van der Waals surface area contributed by atoms with Crippen molar-refractivity contribution in [2.45, 2.75) is 0 Å². The van der Waals surface area contributed by atoms with E-state index in [1.54, 1.807) is 60.9 Å². The standard InChI is InChI=1S/C21H16FN5O2/c22-16-2-1-3-18(13-16)26-27(29)25-17-7-4-14(5-8-17)21(28)15-6-9-19-20(12-15)24-11-10-23-19/h1-13,24,28H,(H,25,26)/p-1. The second-order valence-electron chi connectivity index (χ2n) is 6.19. The fourth-order valence-electron chi connectivity index (χ4n) is 2.79. The first kappa shape index (κ1) is 18.2. The smallest absolute Gasteiger partial charge is 0.135 e. The third-order valence-corrected chi connectivity index (χ3v) is 4.17. The van der Waals surface area contributed by atoms with Crippen LogP contribution in [-0.4, -0.2) is 4.97 Å². The van der Waals surface area contributed by atoms with E-state index in [0.29, 0.717) is 16.5 Å². The minimum absolute atomic E-state index is 0.160. The third kappa shape index (κ3) is 4.22. The Balaban J connectivity index is 1.56. The second-order valence-corrected chi connectivity index (χ2v) is 6.19. The summed E-state index contributed by atoms with van der Waals surface area (Å²) in [5, 5.41) is 32.8. The lowest BCUT2D eigenvalue weighted by Gasteiger charge is -2.14. The third-order valence-electron chi connectivity index (χ3n) is 4.17. The van der Waals surface area contributed by atoms with E-state index in [2.05, 4.69) is 20.8 Å². The number of rotatable bonds is 4. The fraction of sp³-hybridized carbons (Fsp3) is 0. The second kappa shape index (κ2) is 7.81. The quantitative estimate of drug-likeness (QED) is 0.408. The van der Waals surface area contributed by atoms with Crippen LogP contribution in [-0.2, 0) is 0 Å². The largest absolute Gasteiger partial charge is 0.872 e. The zero-order chi connectivity index (χ0) is 20.2. The summed E-state index contributed by atoms with van der Waals surface area (Å²) < 4.78 is 13.2. The van der Waals surface area contributed by atoms with Crippen LogP contribution in [0.15, 0.2) is 89.2 Å². The minimum Gasteiger partial charge on any atom is -0.872 e. The van der Waals surface area contributed by atoms with Gasteiger partial charge in [0.1, 0.15) is 17.2 Å². The van der Waals surface area contributed by atoms with Gasteiger partial charge in [0.25, 0.3) is 0 Å². The molecule has 0 saturated carbocycles. The van der Waals surface area contributed by atoms with Gasteiger partial charge < -0.3 is 15.6 Å². The van der Waals surface area contributed by atoms with Crippen molar-refractivity contribution in [2.75, 3.05) is 10.7 Å². The van der Waals surface area contributed by atoms with Gasteiger partial charge in [-0.25, -0.2) is 4.39 Å². The van der Waals surface area contributed by atoms with Crippen LogP contribution in [0.25, 0.3) is 5.76 Å². The van der Waals surface area contributed by atoms with Gasteiger partial charge >= 0.3 is 0 Å². The summed E-state index contributed by atoms with van der Waals surface area (Å²) in [5.74, 6) is -0.624. The molecule has 1 aliphatic rings. The van der Waals surface area contributed by atoms with Crippen LogP contribution in [0, 0.1) is 11.0 Å². The van der Waals surface area contributed by atoms with Crippen LogP contribution in [0.2, 0.25) is 0 Å². The molecule has 29 heavy (non-hydrogen) atoms. The van der Waals surface area contributed by atoms with E-state index in [1.807, 2.05) is 0 Å². The predicted molar refractivity (Wildman–Crippen MR) is 105 cm³/mol. The minimum atomic E-state index is -0.465. The van der Waals surface area contributed by atoms with Crippen LogP contribution in [0.4, 0.5) is 21.5 Å². The van der Waals surface area contributed by atoms with E-state index in [0.717, 1.165) is 11.0 Å². The summed E-state index contributed by atoms with van der Waals surface area (Å²) in [6, 6.07) is 17.0. The van der Waals surface area contributed by atoms with Gasteiger partial charge in [-0.05, 0) is 47.2 Å². The Morgan fingerprint density at radius 1 is 1.07 bits per heavy atom.